The van der Waals surface area contributed by atoms with Crippen LogP contribution >= 0.6 is 0 Å². The topological polar surface area (TPSA) is 29.9 Å². The van der Waals surface area contributed by atoms with Crippen LogP contribution < -0.4 is 5.32 Å². The molecule has 1 N–H and O–H groups in total. The van der Waals surface area contributed by atoms with Gasteiger partial charge in [0.1, 0.15) is 0 Å². The molecule has 0 aromatic carbocycles. The van der Waals surface area contributed by atoms with Crippen molar-refractivity contribution in [3.05, 3.63) is 36.7 Å². The van der Waals surface area contributed by atoms with Gasteiger partial charge in [-0.2, -0.15) is 5.10 Å². The van der Waals surface area contributed by atoms with Gasteiger partial charge in [-0.3, -0.25) is 0 Å². The first-order valence-corrected chi connectivity index (χ1v) is 5.42. The van der Waals surface area contributed by atoms with Gasteiger partial charge in [0.15, 0.2) is 0 Å². The zero-order valence-electron chi connectivity index (χ0n) is 8.89. The molecule has 1 heterocycles. The molecule has 1 unspecified atom stereocenters. The Morgan fingerprint density at radius 3 is 3.20 bits per heavy atom. The summed E-state index contributed by atoms with van der Waals surface area (Å²) >= 11 is 0. The van der Waals surface area contributed by atoms with E-state index in [1.54, 1.807) is 10.9 Å². The number of nitrogens with zero attached hydrogens (tertiary/aromatic N) is 2. The lowest BCUT2D eigenvalue weighted by atomic mass is 10.0. The minimum Gasteiger partial charge on any atom is -0.309 e. The number of hydrogen-bond acceptors (Lipinski definition) is 2. The second-order valence-electron chi connectivity index (χ2n) is 3.87. The maximum absolute atomic E-state index is 4.14. The fourth-order valence-corrected chi connectivity index (χ4v) is 1.81. The van der Waals surface area contributed by atoms with E-state index in [4.69, 9.17) is 0 Å². The van der Waals surface area contributed by atoms with Crippen molar-refractivity contribution < 1.29 is 0 Å². The molecule has 0 saturated heterocycles. The number of aromatic nitrogens is 2. The van der Waals surface area contributed by atoms with Gasteiger partial charge in [-0.15, -0.1) is 0 Å². The fourth-order valence-electron chi connectivity index (χ4n) is 1.81. The van der Waals surface area contributed by atoms with E-state index in [0.717, 1.165) is 13.0 Å². The largest absolute Gasteiger partial charge is 0.309 e. The van der Waals surface area contributed by atoms with Gasteiger partial charge in [-0.1, -0.05) is 18.7 Å². The molecule has 3 heteroatoms. The van der Waals surface area contributed by atoms with Gasteiger partial charge in [0.25, 0.3) is 0 Å². The Morgan fingerprint density at radius 1 is 1.60 bits per heavy atom. The number of hydrogen-bond donors (Lipinski definition) is 1. The first kappa shape index (κ1) is 10.2. The molecule has 15 heavy (non-hydrogen) atoms. The molecule has 0 amide bonds. The quantitative estimate of drug-likeness (QED) is 0.760. The number of allylic oxidation sites excluding steroid dienone is 1. The first-order valence-electron chi connectivity index (χ1n) is 5.42. The maximum Gasteiger partial charge on any atom is 0.0538 e. The minimum atomic E-state index is 0.627. The SMILES string of the molecule is C=Cn1cc(CNC2CC=CCC2)cn1. The normalized spacial score (nSPS) is 20.4. The third-order valence-corrected chi connectivity index (χ3v) is 2.71. The zero-order valence-corrected chi connectivity index (χ0v) is 8.89. The third kappa shape index (κ3) is 2.80. The molecule has 80 valence electrons. The van der Waals surface area contributed by atoms with E-state index in [0.29, 0.717) is 6.04 Å². The summed E-state index contributed by atoms with van der Waals surface area (Å²) in [6, 6.07) is 0.627. The fraction of sp³-hybridized carbons (Fsp3) is 0.417. The predicted octanol–water partition coefficient (Wildman–Crippen LogP) is 2.18. The van der Waals surface area contributed by atoms with Crippen molar-refractivity contribution in [1.29, 1.82) is 0 Å². The van der Waals surface area contributed by atoms with Gasteiger partial charge < -0.3 is 5.32 Å². The summed E-state index contributed by atoms with van der Waals surface area (Å²) < 4.78 is 1.73. The van der Waals surface area contributed by atoms with Crippen molar-refractivity contribution >= 4 is 6.20 Å². The second-order valence-corrected chi connectivity index (χ2v) is 3.87. The number of rotatable bonds is 4. The predicted molar refractivity (Wildman–Crippen MR) is 62.2 cm³/mol. The van der Waals surface area contributed by atoms with E-state index < -0.39 is 0 Å². The summed E-state index contributed by atoms with van der Waals surface area (Å²) in [6.45, 7) is 4.56. The number of nitrogens with one attached hydrogen (secondary N) is 1. The summed E-state index contributed by atoms with van der Waals surface area (Å²) in [7, 11) is 0. The second kappa shape index (κ2) is 4.94. The molecule has 1 aliphatic carbocycles. The van der Waals surface area contributed by atoms with Crippen LogP contribution in [-0.2, 0) is 6.54 Å². The third-order valence-electron chi connectivity index (χ3n) is 2.71. The van der Waals surface area contributed by atoms with Gasteiger partial charge in [-0.05, 0) is 19.3 Å². The Morgan fingerprint density at radius 2 is 2.53 bits per heavy atom. The molecule has 0 aliphatic heterocycles. The highest BCUT2D eigenvalue weighted by atomic mass is 15.2. The van der Waals surface area contributed by atoms with Crippen LogP contribution in [0.3, 0.4) is 0 Å². The average Bonchev–Trinajstić information content (AvgIpc) is 2.76. The smallest absolute Gasteiger partial charge is 0.0538 e. The van der Waals surface area contributed by atoms with Crippen LogP contribution in [0.1, 0.15) is 24.8 Å². The van der Waals surface area contributed by atoms with E-state index in [1.165, 1.54) is 18.4 Å². The molecule has 1 atom stereocenters. The molecule has 0 bridgehead atoms. The highest BCUT2D eigenvalue weighted by Crippen LogP contribution is 2.11. The van der Waals surface area contributed by atoms with Crippen LogP contribution in [0.25, 0.3) is 6.20 Å². The van der Waals surface area contributed by atoms with Crippen LogP contribution in [0.5, 0.6) is 0 Å². The van der Waals surface area contributed by atoms with Gasteiger partial charge >= 0.3 is 0 Å². The van der Waals surface area contributed by atoms with E-state index in [9.17, 15) is 0 Å². The van der Waals surface area contributed by atoms with Crippen LogP contribution in [0.2, 0.25) is 0 Å². The lowest BCUT2D eigenvalue weighted by molar-refractivity contribution is 0.474. The molecule has 0 spiro atoms. The zero-order chi connectivity index (χ0) is 10.5. The van der Waals surface area contributed by atoms with Gasteiger partial charge in [-0.25, -0.2) is 4.68 Å². The molecule has 0 radical (unpaired) electrons. The van der Waals surface area contributed by atoms with Gasteiger partial charge in [0.2, 0.25) is 0 Å². The highest BCUT2D eigenvalue weighted by Gasteiger charge is 2.08. The Hall–Kier alpha value is -1.35. The van der Waals surface area contributed by atoms with Crippen molar-refractivity contribution in [2.24, 2.45) is 0 Å². The van der Waals surface area contributed by atoms with Crippen molar-refractivity contribution in [2.45, 2.75) is 31.8 Å². The molecule has 2 rings (SSSR count). The minimum absolute atomic E-state index is 0.627. The lowest BCUT2D eigenvalue weighted by Gasteiger charge is -2.18. The molecule has 3 nitrogen and oxygen atoms in total. The van der Waals surface area contributed by atoms with Crippen LogP contribution in [0.15, 0.2) is 31.1 Å². The molecular formula is C12H17N3. The monoisotopic (exact) mass is 203 g/mol. The van der Waals surface area contributed by atoms with Crippen LogP contribution in [0, 0.1) is 0 Å². The van der Waals surface area contributed by atoms with Crippen LogP contribution in [-0.4, -0.2) is 15.8 Å². The van der Waals surface area contributed by atoms with E-state index >= 15 is 0 Å². The highest BCUT2D eigenvalue weighted by molar-refractivity contribution is 5.17. The molecular weight excluding hydrogens is 186 g/mol. The molecule has 1 aromatic rings. The van der Waals surface area contributed by atoms with Gasteiger partial charge in [0, 0.05) is 30.5 Å². The van der Waals surface area contributed by atoms with Crippen molar-refractivity contribution in [1.82, 2.24) is 15.1 Å². The Balaban J connectivity index is 1.82. The molecule has 1 aliphatic rings. The summed E-state index contributed by atoms with van der Waals surface area (Å²) in [4.78, 5) is 0. The van der Waals surface area contributed by atoms with Gasteiger partial charge in [0.05, 0.1) is 6.20 Å². The molecule has 0 saturated carbocycles. The summed E-state index contributed by atoms with van der Waals surface area (Å²) in [6.07, 6.45) is 13.7. The Labute approximate surface area is 90.5 Å². The van der Waals surface area contributed by atoms with E-state index in [1.807, 2.05) is 12.4 Å². The van der Waals surface area contributed by atoms with E-state index in [-0.39, 0.29) is 0 Å². The molecule has 1 aromatic heterocycles. The summed E-state index contributed by atoms with van der Waals surface area (Å²) in [5.41, 5.74) is 1.21. The first-order chi connectivity index (χ1) is 7.38. The summed E-state index contributed by atoms with van der Waals surface area (Å²) in [5, 5.41) is 7.68. The van der Waals surface area contributed by atoms with Crippen LogP contribution in [0.4, 0.5) is 0 Å². The van der Waals surface area contributed by atoms with Crippen molar-refractivity contribution in [2.75, 3.05) is 0 Å². The summed E-state index contributed by atoms with van der Waals surface area (Å²) in [5.74, 6) is 0. The standard InChI is InChI=1S/C12H17N3/c1-2-15-10-11(9-14-15)8-13-12-6-4-3-5-7-12/h2-4,9-10,12-13H,1,5-8H2. The lowest BCUT2D eigenvalue weighted by Crippen LogP contribution is -2.28. The Kier molecular flexibility index (Phi) is 3.35. The maximum atomic E-state index is 4.14. The Bertz CT molecular complexity index is 352. The van der Waals surface area contributed by atoms with E-state index in [2.05, 4.69) is 29.1 Å². The molecule has 0 fully saturated rings. The average molecular weight is 203 g/mol. The van der Waals surface area contributed by atoms with Crippen molar-refractivity contribution in [3.8, 4) is 0 Å². The van der Waals surface area contributed by atoms with Crippen molar-refractivity contribution in [3.63, 3.8) is 0 Å².